The van der Waals surface area contributed by atoms with E-state index in [1.54, 1.807) is 67.6 Å². The van der Waals surface area contributed by atoms with Crippen molar-refractivity contribution in [2.45, 2.75) is 18.2 Å². The molecule has 0 fully saturated rings. The number of nitrogens with one attached hydrogen (secondary N) is 1. The highest BCUT2D eigenvalue weighted by atomic mass is 35.5. The molecular weight excluding hydrogens is 476 g/mol. The summed E-state index contributed by atoms with van der Waals surface area (Å²) in [6, 6.07) is 19.3. The molecule has 7 nitrogen and oxygen atoms in total. The molecule has 174 valence electrons. The Kier molecular flexibility index (Phi) is 6.45. The van der Waals surface area contributed by atoms with Crippen LogP contribution in [0.15, 0.2) is 77.7 Å². The minimum atomic E-state index is -4.03. The normalized spacial score (nSPS) is 11.4. The number of methoxy groups -OCH3 is 1. The van der Waals surface area contributed by atoms with Gasteiger partial charge in [0.15, 0.2) is 0 Å². The van der Waals surface area contributed by atoms with Gasteiger partial charge in [-0.1, -0.05) is 29.8 Å². The monoisotopic (exact) mass is 496 g/mol. The summed E-state index contributed by atoms with van der Waals surface area (Å²) in [6.07, 6.45) is -0.248. The molecule has 0 aliphatic rings. The Morgan fingerprint density at radius 2 is 1.68 bits per heavy atom. The smallest absolute Gasteiger partial charge is 0.264 e. The average Bonchev–Trinajstić information content (AvgIpc) is 3.09. The molecule has 0 spiro atoms. The summed E-state index contributed by atoms with van der Waals surface area (Å²) < 4.78 is 34.1. The predicted molar refractivity (Wildman–Crippen MR) is 130 cm³/mol. The maximum atomic E-state index is 13.4. The van der Waals surface area contributed by atoms with Crippen LogP contribution in [-0.4, -0.2) is 31.9 Å². The summed E-state index contributed by atoms with van der Waals surface area (Å²) in [7, 11) is -2.51. The molecule has 0 radical (unpaired) electrons. The van der Waals surface area contributed by atoms with Crippen molar-refractivity contribution in [2.75, 3.05) is 7.11 Å². The number of halogens is 1. The second kappa shape index (κ2) is 9.32. The largest absolute Gasteiger partial charge is 0.497 e. The third kappa shape index (κ3) is 4.55. The predicted octanol–water partition coefficient (Wildman–Crippen LogP) is 4.35. The molecule has 0 unspecified atom stereocenters. The second-order valence-electron chi connectivity index (χ2n) is 7.61. The first kappa shape index (κ1) is 23.5. The first-order chi connectivity index (χ1) is 16.2. The number of amides is 1. The first-order valence-corrected chi connectivity index (χ1v) is 12.2. The number of fused-ring (bicyclic) bond motifs is 1. The van der Waals surface area contributed by atoms with Gasteiger partial charge in [-0.15, -0.1) is 0 Å². The Morgan fingerprint density at radius 3 is 2.32 bits per heavy atom. The van der Waals surface area contributed by atoms with Crippen LogP contribution in [-0.2, 0) is 21.2 Å². The lowest BCUT2D eigenvalue weighted by molar-refractivity contribution is -0.118. The van der Waals surface area contributed by atoms with Crippen molar-refractivity contribution in [1.82, 2.24) is 9.29 Å². The van der Waals surface area contributed by atoms with Gasteiger partial charge in [0.1, 0.15) is 5.75 Å². The fraction of sp³-hybridized carbons (Fsp3) is 0.120. The Balaban J connectivity index is 1.75. The molecule has 1 amide bonds. The van der Waals surface area contributed by atoms with Gasteiger partial charge in [0, 0.05) is 21.7 Å². The first-order valence-electron chi connectivity index (χ1n) is 10.3. The number of nitrogens with zero attached hydrogens (tertiary/aromatic N) is 1. The zero-order valence-corrected chi connectivity index (χ0v) is 20.0. The molecule has 0 atom stereocenters. The van der Waals surface area contributed by atoms with E-state index in [-0.39, 0.29) is 17.2 Å². The van der Waals surface area contributed by atoms with Gasteiger partial charge in [0.25, 0.3) is 15.9 Å². The summed E-state index contributed by atoms with van der Waals surface area (Å²) in [4.78, 5) is 26.1. The molecule has 0 saturated heterocycles. The number of benzene rings is 3. The molecule has 3 aromatic carbocycles. The van der Waals surface area contributed by atoms with E-state index >= 15 is 0 Å². The van der Waals surface area contributed by atoms with Crippen molar-refractivity contribution in [3.05, 3.63) is 94.6 Å². The SMILES string of the molecule is COc1ccc2c(c1)c(CC(=O)NS(=O)(=O)c1ccccc1)c(C)n2C(=O)c1ccc(Cl)cc1. The molecule has 34 heavy (non-hydrogen) atoms. The molecule has 1 heterocycles. The molecule has 4 rings (SSSR count). The van der Waals surface area contributed by atoms with Crippen molar-refractivity contribution in [3.8, 4) is 5.75 Å². The van der Waals surface area contributed by atoms with Crippen LogP contribution in [0.3, 0.4) is 0 Å². The van der Waals surface area contributed by atoms with E-state index < -0.39 is 15.9 Å². The zero-order chi connectivity index (χ0) is 24.5. The molecule has 9 heteroatoms. The van der Waals surface area contributed by atoms with Crippen LogP contribution >= 0.6 is 11.6 Å². The number of ether oxygens (including phenoxy) is 1. The third-order valence-corrected chi connectivity index (χ3v) is 7.12. The Morgan fingerprint density at radius 1 is 1.00 bits per heavy atom. The quantitative estimate of drug-likeness (QED) is 0.428. The number of rotatable bonds is 6. The van der Waals surface area contributed by atoms with Crippen LogP contribution < -0.4 is 9.46 Å². The number of hydrogen-bond donors (Lipinski definition) is 1. The fourth-order valence-electron chi connectivity index (χ4n) is 3.80. The van der Waals surface area contributed by atoms with Crippen molar-refractivity contribution in [3.63, 3.8) is 0 Å². The number of aromatic nitrogens is 1. The summed E-state index contributed by atoms with van der Waals surface area (Å²) in [6.45, 7) is 1.72. The van der Waals surface area contributed by atoms with E-state index in [0.29, 0.717) is 38.5 Å². The zero-order valence-electron chi connectivity index (χ0n) is 18.4. The van der Waals surface area contributed by atoms with Gasteiger partial charge in [-0.05, 0) is 67.1 Å². The lowest BCUT2D eigenvalue weighted by Gasteiger charge is -2.09. The molecule has 0 aliphatic heterocycles. The number of carbonyl (C=O) groups is 2. The molecule has 1 N–H and O–H groups in total. The standard InChI is InChI=1S/C25H21ClN2O5S/c1-16-21(15-24(29)27-34(31,32)20-6-4-3-5-7-20)22-14-19(33-2)12-13-23(22)28(16)25(30)17-8-10-18(26)11-9-17/h3-14H,15H2,1-2H3,(H,27,29). The van der Waals surface area contributed by atoms with E-state index in [9.17, 15) is 18.0 Å². The Hall–Kier alpha value is -3.62. The van der Waals surface area contributed by atoms with Crippen LogP contribution in [0.2, 0.25) is 5.02 Å². The van der Waals surface area contributed by atoms with E-state index in [1.807, 2.05) is 0 Å². The minimum absolute atomic E-state index is 0.0120. The highest BCUT2D eigenvalue weighted by Crippen LogP contribution is 2.31. The molecular formula is C25H21ClN2O5S. The third-order valence-electron chi connectivity index (χ3n) is 5.48. The van der Waals surface area contributed by atoms with Gasteiger partial charge >= 0.3 is 0 Å². The minimum Gasteiger partial charge on any atom is -0.497 e. The topological polar surface area (TPSA) is 94.5 Å². The van der Waals surface area contributed by atoms with Crippen LogP contribution in [0.1, 0.15) is 21.6 Å². The van der Waals surface area contributed by atoms with Gasteiger partial charge in [-0.3, -0.25) is 14.2 Å². The van der Waals surface area contributed by atoms with E-state index in [4.69, 9.17) is 16.3 Å². The van der Waals surface area contributed by atoms with E-state index in [0.717, 1.165) is 0 Å². The van der Waals surface area contributed by atoms with Crippen LogP contribution in [0.4, 0.5) is 0 Å². The van der Waals surface area contributed by atoms with Crippen LogP contribution in [0.5, 0.6) is 5.75 Å². The maximum Gasteiger partial charge on any atom is 0.264 e. The van der Waals surface area contributed by atoms with Crippen molar-refractivity contribution < 1.29 is 22.7 Å². The number of carbonyl (C=O) groups excluding carboxylic acids is 2. The van der Waals surface area contributed by atoms with Crippen LogP contribution in [0.25, 0.3) is 10.9 Å². The van der Waals surface area contributed by atoms with Gasteiger partial charge in [-0.25, -0.2) is 13.1 Å². The van der Waals surface area contributed by atoms with Gasteiger partial charge in [-0.2, -0.15) is 0 Å². The van der Waals surface area contributed by atoms with Gasteiger partial charge in [0.05, 0.1) is 23.9 Å². The second-order valence-corrected chi connectivity index (χ2v) is 9.73. The lowest BCUT2D eigenvalue weighted by Crippen LogP contribution is -2.32. The Labute approximate surface area is 202 Å². The van der Waals surface area contributed by atoms with Crippen molar-refractivity contribution in [1.29, 1.82) is 0 Å². The summed E-state index contributed by atoms with van der Waals surface area (Å²) in [5.74, 6) is -0.470. The van der Waals surface area contributed by atoms with Gasteiger partial charge < -0.3 is 4.74 Å². The Bertz CT molecular complexity index is 1490. The summed E-state index contributed by atoms with van der Waals surface area (Å²) in [5, 5.41) is 1.12. The highest BCUT2D eigenvalue weighted by Gasteiger charge is 2.24. The van der Waals surface area contributed by atoms with E-state index in [2.05, 4.69) is 4.72 Å². The maximum absolute atomic E-state index is 13.4. The highest BCUT2D eigenvalue weighted by molar-refractivity contribution is 7.90. The summed E-state index contributed by atoms with van der Waals surface area (Å²) >= 11 is 5.95. The molecule has 0 bridgehead atoms. The van der Waals surface area contributed by atoms with Crippen LogP contribution in [0, 0.1) is 6.92 Å². The summed E-state index contributed by atoms with van der Waals surface area (Å²) in [5.41, 5.74) is 2.04. The molecule has 0 aliphatic carbocycles. The number of hydrogen-bond acceptors (Lipinski definition) is 5. The molecule has 4 aromatic rings. The lowest BCUT2D eigenvalue weighted by atomic mass is 10.1. The molecule has 0 saturated carbocycles. The fourth-order valence-corrected chi connectivity index (χ4v) is 4.93. The number of sulfonamides is 1. The van der Waals surface area contributed by atoms with E-state index in [1.165, 1.54) is 23.8 Å². The van der Waals surface area contributed by atoms with Gasteiger partial charge in [0.2, 0.25) is 5.91 Å². The van der Waals surface area contributed by atoms with Crippen molar-refractivity contribution >= 4 is 44.3 Å². The van der Waals surface area contributed by atoms with Crippen molar-refractivity contribution in [2.24, 2.45) is 0 Å². The molecule has 1 aromatic heterocycles. The average molecular weight is 497 g/mol.